The Kier molecular flexibility index (Phi) is 7.95. The van der Waals surface area contributed by atoms with Gasteiger partial charge >= 0.3 is 0 Å². The number of likely N-dealkylation sites (tertiary alicyclic amines) is 1. The van der Waals surface area contributed by atoms with Crippen molar-refractivity contribution in [1.29, 1.82) is 10.5 Å². The summed E-state index contributed by atoms with van der Waals surface area (Å²) in [5.74, 6) is 0.669. The van der Waals surface area contributed by atoms with Gasteiger partial charge in [0.1, 0.15) is 12.7 Å². The number of aliphatic hydroxyl groups excluding tert-OH is 1. The SMILES string of the molecule is CCNc1nc(Nc2cc(C#N)cc(N3CCN(C4CN(CC(O)CF)C4)CC3)c2Cl)nn2c(C#N)cnc12. The Morgan fingerprint density at radius 3 is 2.64 bits per heavy atom. The minimum Gasteiger partial charge on any atom is -0.389 e. The lowest BCUT2D eigenvalue weighted by atomic mass is 10.0. The summed E-state index contributed by atoms with van der Waals surface area (Å²) in [5, 5.41) is 39.8. The second-order valence-corrected chi connectivity index (χ2v) is 9.98. The lowest BCUT2D eigenvalue weighted by molar-refractivity contribution is -0.00329. The van der Waals surface area contributed by atoms with Crippen LogP contribution in [0.5, 0.6) is 0 Å². The largest absolute Gasteiger partial charge is 0.389 e. The van der Waals surface area contributed by atoms with Gasteiger partial charge in [-0.2, -0.15) is 20.0 Å². The van der Waals surface area contributed by atoms with Crippen molar-refractivity contribution < 1.29 is 9.50 Å². The van der Waals surface area contributed by atoms with Crippen LogP contribution in [0, 0.1) is 22.7 Å². The fraction of sp³-hybridized carbons (Fsp3) is 0.480. The number of hydrogen-bond donors (Lipinski definition) is 3. The lowest BCUT2D eigenvalue weighted by Gasteiger charge is -2.49. The molecule has 3 N–H and O–H groups in total. The maximum atomic E-state index is 12.6. The number of nitriles is 2. The van der Waals surface area contributed by atoms with Crippen LogP contribution < -0.4 is 15.5 Å². The molecule has 0 saturated carbocycles. The minimum absolute atomic E-state index is 0.202. The molecule has 2 fully saturated rings. The monoisotopic (exact) mass is 553 g/mol. The first-order chi connectivity index (χ1) is 18.9. The minimum atomic E-state index is -0.921. The number of β-amino-alcohol motifs (C(OH)–C–C–N with tert-alkyl or cyclic N) is 1. The summed E-state index contributed by atoms with van der Waals surface area (Å²) in [6.07, 6.45) is 0.514. The smallest absolute Gasteiger partial charge is 0.247 e. The van der Waals surface area contributed by atoms with Crippen molar-refractivity contribution >= 4 is 40.4 Å². The Hall–Kier alpha value is -3.75. The van der Waals surface area contributed by atoms with Crippen molar-refractivity contribution in [3.05, 3.63) is 34.6 Å². The molecule has 2 aliphatic rings. The zero-order valence-corrected chi connectivity index (χ0v) is 22.2. The van der Waals surface area contributed by atoms with E-state index in [0.717, 1.165) is 45.0 Å². The molecule has 0 radical (unpaired) electrons. The van der Waals surface area contributed by atoms with Gasteiger partial charge in [-0.15, -0.1) is 5.10 Å². The summed E-state index contributed by atoms with van der Waals surface area (Å²) in [6.45, 7) is 6.91. The number of fused-ring (bicyclic) bond motifs is 1. The van der Waals surface area contributed by atoms with Crippen LogP contribution in [0.25, 0.3) is 5.65 Å². The van der Waals surface area contributed by atoms with Crippen molar-refractivity contribution in [1.82, 2.24) is 29.4 Å². The number of benzene rings is 1. The molecule has 14 heteroatoms. The van der Waals surface area contributed by atoms with Gasteiger partial charge in [0.2, 0.25) is 5.95 Å². The summed E-state index contributed by atoms with van der Waals surface area (Å²) in [4.78, 5) is 15.4. The fourth-order valence-corrected chi connectivity index (χ4v) is 5.29. The predicted molar refractivity (Wildman–Crippen MR) is 145 cm³/mol. The van der Waals surface area contributed by atoms with Gasteiger partial charge in [-0.25, -0.2) is 9.37 Å². The topological polar surface area (TPSA) is 145 Å². The van der Waals surface area contributed by atoms with Gasteiger partial charge < -0.3 is 20.6 Å². The van der Waals surface area contributed by atoms with Crippen LogP contribution in [0.1, 0.15) is 18.2 Å². The average Bonchev–Trinajstić information content (AvgIpc) is 3.35. The molecule has 1 atom stereocenters. The summed E-state index contributed by atoms with van der Waals surface area (Å²) in [6, 6.07) is 8.09. The van der Waals surface area contributed by atoms with E-state index < -0.39 is 12.8 Å². The van der Waals surface area contributed by atoms with Crippen LogP contribution in [-0.4, -0.2) is 106 Å². The Bertz CT molecular complexity index is 1420. The van der Waals surface area contributed by atoms with E-state index in [-0.39, 0.29) is 11.6 Å². The van der Waals surface area contributed by atoms with E-state index in [1.165, 1.54) is 10.7 Å². The first-order valence-corrected chi connectivity index (χ1v) is 13.2. The number of hydrogen-bond acceptors (Lipinski definition) is 11. The second-order valence-electron chi connectivity index (χ2n) is 9.60. The molecule has 0 aliphatic carbocycles. The number of aliphatic hydroxyl groups is 1. The van der Waals surface area contributed by atoms with Gasteiger partial charge in [0.15, 0.2) is 17.2 Å². The first-order valence-electron chi connectivity index (χ1n) is 12.8. The van der Waals surface area contributed by atoms with Gasteiger partial charge in [0.05, 0.1) is 40.3 Å². The quantitative estimate of drug-likeness (QED) is 0.357. The van der Waals surface area contributed by atoms with E-state index in [9.17, 15) is 20.0 Å². The molecule has 2 aromatic heterocycles. The normalized spacial score (nSPS) is 17.4. The number of halogens is 2. The molecule has 2 saturated heterocycles. The van der Waals surface area contributed by atoms with Gasteiger partial charge in [0.25, 0.3) is 0 Å². The molecular weight excluding hydrogens is 525 g/mol. The number of rotatable bonds is 9. The second kappa shape index (κ2) is 11.6. The van der Waals surface area contributed by atoms with Crippen molar-refractivity contribution in [2.45, 2.75) is 19.1 Å². The molecule has 0 bridgehead atoms. The van der Waals surface area contributed by atoms with E-state index in [1.807, 2.05) is 6.92 Å². The van der Waals surface area contributed by atoms with Crippen molar-refractivity contribution in [2.24, 2.45) is 0 Å². The van der Waals surface area contributed by atoms with E-state index in [0.29, 0.717) is 46.9 Å². The zero-order valence-electron chi connectivity index (χ0n) is 21.5. The molecule has 1 aromatic carbocycles. The highest BCUT2D eigenvalue weighted by molar-refractivity contribution is 6.36. The van der Waals surface area contributed by atoms with Crippen LogP contribution in [0.15, 0.2) is 18.3 Å². The number of anilines is 4. The van der Waals surface area contributed by atoms with Crippen molar-refractivity contribution in [3.63, 3.8) is 0 Å². The summed E-state index contributed by atoms with van der Waals surface area (Å²) in [7, 11) is 0. The highest BCUT2D eigenvalue weighted by Gasteiger charge is 2.34. The average molecular weight is 554 g/mol. The van der Waals surface area contributed by atoms with E-state index >= 15 is 0 Å². The maximum absolute atomic E-state index is 12.6. The molecule has 204 valence electrons. The number of nitrogens with one attached hydrogen (secondary N) is 2. The van der Waals surface area contributed by atoms with Crippen LogP contribution in [-0.2, 0) is 0 Å². The van der Waals surface area contributed by atoms with Gasteiger partial charge in [-0.3, -0.25) is 9.80 Å². The summed E-state index contributed by atoms with van der Waals surface area (Å²) in [5.41, 5.74) is 2.36. The highest BCUT2D eigenvalue weighted by Crippen LogP contribution is 2.36. The van der Waals surface area contributed by atoms with Crippen LogP contribution in [0.2, 0.25) is 5.02 Å². The van der Waals surface area contributed by atoms with Crippen LogP contribution >= 0.6 is 11.6 Å². The lowest BCUT2D eigenvalue weighted by Crippen LogP contribution is -2.64. The van der Waals surface area contributed by atoms with Gasteiger partial charge in [-0.1, -0.05) is 11.6 Å². The standard InChI is InChI=1S/C25H29ClFN11O/c1-2-30-23-24-31-12-17(11-29)38(24)34-25(33-23)32-20-7-16(10-28)8-21(22(20)26)37-5-3-36(4-6-37)18-13-35(14-18)15-19(39)9-27/h7-8,12,18-19,39H,2-6,9,13-15H2,1H3,(H2,30,32,33,34). The van der Waals surface area contributed by atoms with Crippen molar-refractivity contribution in [3.8, 4) is 12.1 Å². The first kappa shape index (κ1) is 26.8. The molecule has 0 amide bonds. The number of aromatic nitrogens is 4. The van der Waals surface area contributed by atoms with Crippen LogP contribution in [0.4, 0.5) is 27.5 Å². The number of imidazole rings is 1. The predicted octanol–water partition coefficient (Wildman–Crippen LogP) is 1.83. The molecule has 3 aromatic rings. The summed E-state index contributed by atoms with van der Waals surface area (Å²) < 4.78 is 14.0. The fourth-order valence-electron chi connectivity index (χ4n) is 5.01. The van der Waals surface area contributed by atoms with Gasteiger partial charge in [-0.05, 0) is 19.1 Å². The van der Waals surface area contributed by atoms with E-state index in [1.54, 1.807) is 12.1 Å². The Morgan fingerprint density at radius 2 is 1.97 bits per heavy atom. The van der Waals surface area contributed by atoms with Gasteiger partial charge in [0, 0.05) is 58.4 Å². The van der Waals surface area contributed by atoms with E-state index in [4.69, 9.17) is 11.6 Å². The molecule has 0 spiro atoms. The molecule has 4 heterocycles. The molecule has 1 unspecified atom stereocenters. The Labute approximate surface area is 230 Å². The molecule has 2 aliphatic heterocycles. The Balaban J connectivity index is 1.32. The molecule has 39 heavy (non-hydrogen) atoms. The zero-order chi connectivity index (χ0) is 27.5. The highest BCUT2D eigenvalue weighted by atomic mass is 35.5. The molecule has 5 rings (SSSR count). The van der Waals surface area contributed by atoms with E-state index in [2.05, 4.69) is 52.5 Å². The third-order valence-electron chi connectivity index (χ3n) is 7.01. The number of alkyl halides is 1. The van der Waals surface area contributed by atoms with Crippen LogP contribution in [0.3, 0.4) is 0 Å². The number of nitrogens with zero attached hydrogens (tertiary/aromatic N) is 9. The van der Waals surface area contributed by atoms with Crippen molar-refractivity contribution in [2.75, 3.05) is 74.6 Å². The molecule has 12 nitrogen and oxygen atoms in total. The summed E-state index contributed by atoms with van der Waals surface area (Å²) >= 11 is 6.87. The number of piperazine rings is 1. The molecular formula is C25H29ClFN11O. The third-order valence-corrected chi connectivity index (χ3v) is 7.40. The third kappa shape index (κ3) is 5.53. The Morgan fingerprint density at radius 1 is 1.21 bits per heavy atom. The maximum Gasteiger partial charge on any atom is 0.247 e.